The molecule has 2 atom stereocenters. The number of unbranched alkanes of at least 4 members (excludes halogenated alkanes) is 2. The van der Waals surface area contributed by atoms with E-state index in [2.05, 4.69) is 105 Å². The molecule has 0 fully saturated rings. The Morgan fingerprint density at radius 2 is 0.867 bits per heavy atom. The molecule has 0 bridgehead atoms. The van der Waals surface area contributed by atoms with E-state index < -0.39 is 35.0 Å². The Hall–Kier alpha value is -6.34. The summed E-state index contributed by atoms with van der Waals surface area (Å²) in [5.74, 6) is 2.20. The van der Waals surface area contributed by atoms with Crippen LogP contribution < -0.4 is 29.6 Å². The van der Waals surface area contributed by atoms with Gasteiger partial charge in [-0.1, -0.05) is 110 Å². The molecule has 0 aliphatic carbocycles. The summed E-state index contributed by atoms with van der Waals surface area (Å²) in [6.07, 6.45) is 7.83. The van der Waals surface area contributed by atoms with Crippen LogP contribution in [0, 0.1) is 22.7 Å². The van der Waals surface area contributed by atoms with Crippen LogP contribution in [-0.2, 0) is 47.5 Å². The number of hydrogen-bond acceptors (Lipinski definition) is 16. The van der Waals surface area contributed by atoms with Crippen LogP contribution in [0.2, 0.25) is 0 Å². The molecule has 2 N–H and O–H groups in total. The molecule has 2 amide bonds. The standard InChI is InChI=1S/C54H89NO10.C20H31NO6.C4H8.C2H6/c1-42(2)47(56)60-35-23-34-55-48(57)65-53(12,13)43(40-61-44-24-17-16-18-25-44)41-64-54(14,15)50(6,7)31-20-22-37-63-52(10,11)33-39-59-46-28-26-45(27-29-46)58-38-32-51(8,9)62-36-21-19-30-49(3,4)5;1-16(2)25-13-17(14-26-18-9-6-5-7-10-18)20(3,4)27-19(23)21-11-8-12-24-15-22;1-4(2)3;1-2/h16-18,24-29,43H,1,19-23,30-41H2,2-15H3,(H,55,57);5-7,9-10,15-17H,8,11-14H2,1-4H3,(H,21,23);1H2,2-3H3;1-2H3. The van der Waals surface area contributed by atoms with Crippen LogP contribution in [0.1, 0.15) is 217 Å². The average Bonchev–Trinajstić information content (AvgIpc) is 0.819. The molecule has 2 unspecified atom stereocenters. The first kappa shape index (κ1) is 91.7. The van der Waals surface area contributed by atoms with Crippen molar-refractivity contribution >= 4 is 24.6 Å². The first-order valence-electron chi connectivity index (χ1n) is 35.5. The lowest BCUT2D eigenvalue weighted by molar-refractivity contribution is -0.139. The number of allylic oxidation sites excluding steroid dienone is 1. The lowest BCUT2D eigenvalue weighted by Crippen LogP contribution is -2.48. The van der Waals surface area contributed by atoms with Gasteiger partial charge in [0, 0.05) is 44.7 Å². The topological polar surface area (TPSA) is 203 Å². The number of carbonyl (C=O) groups excluding carboxylic acids is 4. The third-order valence-corrected chi connectivity index (χ3v) is 16.2. The normalized spacial score (nSPS) is 12.5. The maximum atomic E-state index is 12.9. The monoisotopic (exact) mass is 1380 g/mol. The number of alkyl carbamates (subject to hydrolysis) is 2. The summed E-state index contributed by atoms with van der Waals surface area (Å²) in [6, 6.07) is 26.9. The molecule has 560 valence electrons. The van der Waals surface area contributed by atoms with E-state index in [0.29, 0.717) is 83.0 Å². The van der Waals surface area contributed by atoms with Gasteiger partial charge in [0.05, 0.1) is 87.6 Å². The molecule has 0 heterocycles. The summed E-state index contributed by atoms with van der Waals surface area (Å²) < 4.78 is 70.4. The van der Waals surface area contributed by atoms with Crippen LogP contribution in [0.3, 0.4) is 0 Å². The van der Waals surface area contributed by atoms with E-state index in [1.807, 2.05) is 154 Å². The molecule has 0 saturated heterocycles. The Labute approximate surface area is 593 Å². The molecule has 0 radical (unpaired) electrons. The number of rotatable bonds is 46. The Morgan fingerprint density at radius 1 is 0.469 bits per heavy atom. The molecule has 0 spiro atoms. The molecular weight excluding hydrogens is 1240 g/mol. The smallest absolute Gasteiger partial charge is 0.407 e. The van der Waals surface area contributed by atoms with Crippen molar-refractivity contribution in [3.05, 3.63) is 109 Å². The zero-order valence-corrected chi connectivity index (χ0v) is 64.9. The fourth-order valence-corrected chi connectivity index (χ4v) is 8.83. The predicted molar refractivity (Wildman–Crippen MR) is 396 cm³/mol. The number of para-hydroxylation sites is 2. The van der Waals surface area contributed by atoms with Crippen LogP contribution in [-0.4, -0.2) is 138 Å². The second-order valence-corrected chi connectivity index (χ2v) is 29.7. The maximum Gasteiger partial charge on any atom is 0.407 e. The third kappa shape index (κ3) is 45.4. The largest absolute Gasteiger partial charge is 0.493 e. The van der Waals surface area contributed by atoms with E-state index in [9.17, 15) is 19.2 Å². The highest BCUT2D eigenvalue weighted by atomic mass is 16.6. The lowest BCUT2D eigenvalue weighted by atomic mass is 9.73. The van der Waals surface area contributed by atoms with Gasteiger partial charge in [-0.15, -0.1) is 6.58 Å². The van der Waals surface area contributed by atoms with Gasteiger partial charge in [0.2, 0.25) is 0 Å². The van der Waals surface area contributed by atoms with Gasteiger partial charge in [-0.3, -0.25) is 4.79 Å². The van der Waals surface area contributed by atoms with Gasteiger partial charge >= 0.3 is 18.2 Å². The lowest BCUT2D eigenvalue weighted by Gasteiger charge is -2.44. The zero-order chi connectivity index (χ0) is 74.5. The van der Waals surface area contributed by atoms with E-state index in [-0.39, 0.29) is 54.4 Å². The molecule has 0 aliphatic heterocycles. The van der Waals surface area contributed by atoms with E-state index in [1.165, 1.54) is 18.4 Å². The Kier molecular flexibility index (Phi) is 45.3. The van der Waals surface area contributed by atoms with Crippen LogP contribution >= 0.6 is 0 Å². The van der Waals surface area contributed by atoms with Crippen LogP contribution in [0.15, 0.2) is 109 Å². The number of amides is 2. The number of hydrogen-bond donors (Lipinski definition) is 2. The highest BCUT2D eigenvalue weighted by Crippen LogP contribution is 2.40. The summed E-state index contributed by atoms with van der Waals surface area (Å²) in [7, 11) is 0. The van der Waals surface area contributed by atoms with Gasteiger partial charge in [-0.2, -0.15) is 0 Å². The van der Waals surface area contributed by atoms with Gasteiger partial charge in [-0.25, -0.2) is 14.4 Å². The molecule has 0 aromatic heterocycles. The van der Waals surface area contributed by atoms with Crippen LogP contribution in [0.25, 0.3) is 0 Å². The summed E-state index contributed by atoms with van der Waals surface area (Å²) >= 11 is 0. The Morgan fingerprint density at radius 3 is 1.27 bits per heavy atom. The summed E-state index contributed by atoms with van der Waals surface area (Å²) in [6.45, 7) is 57.4. The summed E-state index contributed by atoms with van der Waals surface area (Å²) in [5, 5.41) is 5.42. The fraction of sp³-hybridized carbons (Fsp3) is 0.675. The molecule has 18 heteroatoms. The van der Waals surface area contributed by atoms with Crippen molar-refractivity contribution < 1.29 is 76.0 Å². The molecule has 18 nitrogen and oxygen atoms in total. The van der Waals surface area contributed by atoms with Crippen molar-refractivity contribution in [2.75, 3.05) is 79.2 Å². The molecule has 3 aromatic rings. The van der Waals surface area contributed by atoms with Crippen molar-refractivity contribution in [2.45, 2.75) is 251 Å². The second kappa shape index (κ2) is 48.4. The van der Waals surface area contributed by atoms with E-state index in [1.54, 1.807) is 6.92 Å². The number of benzene rings is 3. The van der Waals surface area contributed by atoms with E-state index in [0.717, 1.165) is 68.1 Å². The minimum atomic E-state index is -0.931. The van der Waals surface area contributed by atoms with Gasteiger partial charge in [0.1, 0.15) is 34.2 Å². The predicted octanol–water partition coefficient (Wildman–Crippen LogP) is 18.5. The quantitative estimate of drug-likeness (QED) is 0.0135. The van der Waals surface area contributed by atoms with E-state index in [4.69, 9.17) is 52.1 Å². The van der Waals surface area contributed by atoms with Crippen molar-refractivity contribution in [2.24, 2.45) is 22.7 Å². The first-order valence-corrected chi connectivity index (χ1v) is 35.5. The minimum absolute atomic E-state index is 0.0617. The highest BCUT2D eigenvalue weighted by Gasteiger charge is 2.41. The van der Waals surface area contributed by atoms with Crippen molar-refractivity contribution in [3.8, 4) is 23.0 Å². The van der Waals surface area contributed by atoms with Gasteiger partial charge in [0.25, 0.3) is 6.47 Å². The molecule has 3 rings (SSSR count). The minimum Gasteiger partial charge on any atom is -0.493 e. The van der Waals surface area contributed by atoms with Gasteiger partial charge < -0.3 is 67.5 Å². The number of ether oxygens (including phenoxy) is 12. The Balaban J connectivity index is 0.00000235. The summed E-state index contributed by atoms with van der Waals surface area (Å²) in [4.78, 5) is 46.7. The fourth-order valence-electron chi connectivity index (χ4n) is 8.83. The van der Waals surface area contributed by atoms with Crippen molar-refractivity contribution in [3.63, 3.8) is 0 Å². The first-order chi connectivity index (χ1) is 45.8. The van der Waals surface area contributed by atoms with Gasteiger partial charge in [-0.05, 0) is 202 Å². The SMILES string of the molecule is C=C(C)C.C=C(C)C(=O)OCCCNC(=O)OC(C)(C)C(COc1ccccc1)COC(C)(C)C(C)(C)CCCCOC(C)(C)CCOc1ccc(OCCC(C)(C)OCCCCC(C)(C)C)cc1.CC.CC(C)OCC(COc1ccccc1)C(C)(C)OC(=O)NCCCOC=O. The van der Waals surface area contributed by atoms with Gasteiger partial charge in [0.15, 0.2) is 0 Å². The maximum absolute atomic E-state index is 12.9. The molecule has 98 heavy (non-hydrogen) atoms. The van der Waals surface area contributed by atoms with Crippen molar-refractivity contribution in [1.82, 2.24) is 10.6 Å². The summed E-state index contributed by atoms with van der Waals surface area (Å²) in [5.41, 5.74) is -1.09. The number of esters is 1. The molecule has 0 aliphatic rings. The second-order valence-electron chi connectivity index (χ2n) is 29.7. The number of nitrogens with one attached hydrogen (secondary N) is 2. The average molecular weight is 1380 g/mol. The molecular formula is C80H134N2O16. The van der Waals surface area contributed by atoms with Crippen LogP contribution in [0.4, 0.5) is 9.59 Å². The molecule has 0 saturated carbocycles. The Bertz CT molecular complexity index is 2610. The number of carbonyl (C=O) groups is 4. The van der Waals surface area contributed by atoms with Crippen LogP contribution in [0.5, 0.6) is 23.0 Å². The third-order valence-electron chi connectivity index (χ3n) is 16.2. The zero-order valence-electron chi connectivity index (χ0n) is 64.9. The van der Waals surface area contributed by atoms with E-state index >= 15 is 0 Å². The molecule has 3 aromatic carbocycles. The van der Waals surface area contributed by atoms with Crippen molar-refractivity contribution in [1.29, 1.82) is 0 Å². The highest BCUT2D eigenvalue weighted by molar-refractivity contribution is 5.86.